The zero-order valence-electron chi connectivity index (χ0n) is 9.92. The molecule has 92 valence electrons. The second-order valence-corrected chi connectivity index (χ2v) is 4.70. The van der Waals surface area contributed by atoms with E-state index in [1.807, 2.05) is 12.3 Å². The fourth-order valence-corrected chi connectivity index (χ4v) is 2.32. The van der Waals surface area contributed by atoms with Crippen molar-refractivity contribution in [2.24, 2.45) is 5.92 Å². The summed E-state index contributed by atoms with van der Waals surface area (Å²) < 4.78 is 4.76. The molecule has 0 aliphatic carbocycles. The summed E-state index contributed by atoms with van der Waals surface area (Å²) in [6.45, 7) is 1.52. The summed E-state index contributed by atoms with van der Waals surface area (Å²) in [5, 5.41) is 0.941. The van der Waals surface area contributed by atoms with E-state index in [1.165, 1.54) is 7.11 Å². The first-order chi connectivity index (χ1) is 8.24. The molecule has 1 saturated heterocycles. The molecule has 6 heteroatoms. The molecular weight excluding hydrogens is 238 g/mol. The summed E-state index contributed by atoms with van der Waals surface area (Å²) >= 11 is 1.58. The molecule has 1 aliphatic heterocycles. The van der Waals surface area contributed by atoms with Crippen molar-refractivity contribution in [3.63, 3.8) is 0 Å². The van der Waals surface area contributed by atoms with Crippen LogP contribution >= 0.6 is 11.8 Å². The van der Waals surface area contributed by atoms with Gasteiger partial charge in [0.2, 0.25) is 0 Å². The third-order valence-corrected chi connectivity index (χ3v) is 3.52. The number of hydrogen-bond acceptors (Lipinski definition) is 6. The largest absolute Gasteiger partial charge is 0.469 e. The number of carbonyl (C=O) groups excluding carboxylic acids is 1. The predicted molar refractivity (Wildman–Crippen MR) is 66.1 cm³/mol. The fourth-order valence-electron chi connectivity index (χ4n) is 1.94. The first-order valence-corrected chi connectivity index (χ1v) is 6.66. The number of nitrogens with zero attached hydrogens (tertiary/aromatic N) is 3. The number of thioether (sulfide) groups is 1. The maximum Gasteiger partial charge on any atom is 0.310 e. The van der Waals surface area contributed by atoms with Gasteiger partial charge in [-0.15, -0.1) is 11.8 Å². The highest BCUT2D eigenvalue weighted by molar-refractivity contribution is 7.98. The lowest BCUT2D eigenvalue weighted by molar-refractivity contribution is -0.144. The zero-order chi connectivity index (χ0) is 12.3. The molecule has 2 heterocycles. The molecule has 1 fully saturated rings. The van der Waals surface area contributed by atoms with Crippen LogP contribution in [-0.2, 0) is 9.53 Å². The van der Waals surface area contributed by atoms with Crippen molar-refractivity contribution in [3.8, 4) is 0 Å². The van der Waals surface area contributed by atoms with Gasteiger partial charge in [0.15, 0.2) is 0 Å². The molecule has 2 rings (SSSR count). The van der Waals surface area contributed by atoms with Crippen molar-refractivity contribution in [1.29, 1.82) is 0 Å². The van der Waals surface area contributed by atoms with Crippen LogP contribution in [0, 0.1) is 5.92 Å². The molecule has 5 nitrogen and oxygen atoms in total. The van der Waals surface area contributed by atoms with Gasteiger partial charge < -0.3 is 9.64 Å². The summed E-state index contributed by atoms with van der Waals surface area (Å²) in [4.78, 5) is 21.9. The SMILES string of the molecule is COC(=O)C1CCN(c2cc(SC)ncn2)C1. The molecule has 0 spiro atoms. The van der Waals surface area contributed by atoms with Crippen molar-refractivity contribution in [2.45, 2.75) is 11.4 Å². The Balaban J connectivity index is 2.07. The highest BCUT2D eigenvalue weighted by Gasteiger charge is 2.29. The number of aromatic nitrogens is 2. The highest BCUT2D eigenvalue weighted by Crippen LogP contribution is 2.24. The van der Waals surface area contributed by atoms with Crippen LogP contribution in [0.1, 0.15) is 6.42 Å². The molecule has 0 aromatic carbocycles. The van der Waals surface area contributed by atoms with E-state index in [0.717, 1.165) is 23.8 Å². The van der Waals surface area contributed by atoms with E-state index in [4.69, 9.17) is 4.74 Å². The number of methoxy groups -OCH3 is 1. The van der Waals surface area contributed by atoms with Crippen molar-refractivity contribution in [1.82, 2.24) is 9.97 Å². The lowest BCUT2D eigenvalue weighted by atomic mass is 10.1. The van der Waals surface area contributed by atoms with E-state index in [-0.39, 0.29) is 11.9 Å². The van der Waals surface area contributed by atoms with Crippen LogP contribution < -0.4 is 4.90 Å². The van der Waals surface area contributed by atoms with Gasteiger partial charge >= 0.3 is 5.97 Å². The molecule has 17 heavy (non-hydrogen) atoms. The smallest absolute Gasteiger partial charge is 0.310 e. The molecule has 1 atom stereocenters. The maximum atomic E-state index is 11.4. The Hall–Kier alpha value is -1.30. The van der Waals surface area contributed by atoms with E-state index >= 15 is 0 Å². The second-order valence-electron chi connectivity index (χ2n) is 3.87. The third kappa shape index (κ3) is 2.69. The van der Waals surface area contributed by atoms with Crippen LogP contribution in [0.5, 0.6) is 0 Å². The van der Waals surface area contributed by atoms with Gasteiger partial charge in [0, 0.05) is 19.2 Å². The van der Waals surface area contributed by atoms with E-state index in [9.17, 15) is 4.79 Å². The Bertz CT molecular complexity index is 413. The lowest BCUT2D eigenvalue weighted by Gasteiger charge is -2.16. The minimum absolute atomic E-state index is 0.0345. The van der Waals surface area contributed by atoms with Crippen LogP contribution in [0.25, 0.3) is 0 Å². The predicted octanol–water partition coefficient (Wildman–Crippen LogP) is 1.20. The van der Waals surface area contributed by atoms with E-state index in [1.54, 1.807) is 18.1 Å². The Morgan fingerprint density at radius 1 is 1.59 bits per heavy atom. The van der Waals surface area contributed by atoms with Gasteiger partial charge in [-0.2, -0.15) is 0 Å². The lowest BCUT2D eigenvalue weighted by Crippen LogP contribution is -2.24. The summed E-state index contributed by atoms with van der Waals surface area (Å²) in [5.41, 5.74) is 0. The van der Waals surface area contributed by atoms with Crippen molar-refractivity contribution >= 4 is 23.5 Å². The molecule has 0 amide bonds. The number of esters is 1. The van der Waals surface area contributed by atoms with Crippen LogP contribution in [0.4, 0.5) is 5.82 Å². The van der Waals surface area contributed by atoms with Gasteiger partial charge in [0.25, 0.3) is 0 Å². The van der Waals surface area contributed by atoms with Crippen LogP contribution in [0.3, 0.4) is 0 Å². The molecule has 1 aliphatic rings. The van der Waals surface area contributed by atoms with Gasteiger partial charge in [0.05, 0.1) is 13.0 Å². The Kier molecular flexibility index (Phi) is 3.83. The first-order valence-electron chi connectivity index (χ1n) is 5.43. The normalized spacial score (nSPS) is 19.4. The van der Waals surface area contributed by atoms with Crippen molar-refractivity contribution < 1.29 is 9.53 Å². The van der Waals surface area contributed by atoms with E-state index < -0.39 is 0 Å². The molecule has 1 unspecified atom stereocenters. The Labute approximate surface area is 105 Å². The number of hydrogen-bond donors (Lipinski definition) is 0. The monoisotopic (exact) mass is 253 g/mol. The van der Waals surface area contributed by atoms with Gasteiger partial charge in [-0.3, -0.25) is 4.79 Å². The Morgan fingerprint density at radius 3 is 3.12 bits per heavy atom. The number of carbonyl (C=O) groups is 1. The summed E-state index contributed by atoms with van der Waals surface area (Å²) in [5.74, 6) is 0.718. The maximum absolute atomic E-state index is 11.4. The summed E-state index contributed by atoms with van der Waals surface area (Å²) in [7, 11) is 1.43. The standard InChI is InChI=1S/C11H15N3O2S/c1-16-11(15)8-3-4-14(6-8)9-5-10(17-2)13-7-12-9/h5,7-8H,3-4,6H2,1-2H3. The van der Waals surface area contributed by atoms with Gasteiger partial charge in [-0.25, -0.2) is 9.97 Å². The molecule has 1 aromatic rings. The zero-order valence-corrected chi connectivity index (χ0v) is 10.7. The van der Waals surface area contributed by atoms with Crippen molar-refractivity contribution in [3.05, 3.63) is 12.4 Å². The molecule has 1 aromatic heterocycles. The molecule has 0 N–H and O–H groups in total. The van der Waals surface area contributed by atoms with Gasteiger partial charge in [-0.1, -0.05) is 0 Å². The summed E-state index contributed by atoms with van der Waals surface area (Å²) in [6.07, 6.45) is 4.37. The number of anilines is 1. The number of rotatable bonds is 3. The van der Waals surface area contributed by atoms with Crippen LogP contribution in [0.2, 0.25) is 0 Å². The Morgan fingerprint density at radius 2 is 2.41 bits per heavy atom. The topological polar surface area (TPSA) is 55.3 Å². The molecule has 0 saturated carbocycles. The quantitative estimate of drug-likeness (QED) is 0.458. The average Bonchev–Trinajstić information content (AvgIpc) is 2.87. The second kappa shape index (κ2) is 5.35. The first kappa shape index (κ1) is 12.2. The van der Waals surface area contributed by atoms with E-state index in [2.05, 4.69) is 14.9 Å². The molecule has 0 radical (unpaired) electrons. The van der Waals surface area contributed by atoms with Gasteiger partial charge in [-0.05, 0) is 12.7 Å². The van der Waals surface area contributed by atoms with E-state index in [0.29, 0.717) is 6.54 Å². The highest BCUT2D eigenvalue weighted by atomic mass is 32.2. The third-order valence-electron chi connectivity index (χ3n) is 2.88. The average molecular weight is 253 g/mol. The molecular formula is C11H15N3O2S. The summed E-state index contributed by atoms with van der Waals surface area (Å²) in [6, 6.07) is 1.95. The number of ether oxygens (including phenoxy) is 1. The minimum Gasteiger partial charge on any atom is -0.469 e. The minimum atomic E-state index is -0.133. The van der Waals surface area contributed by atoms with Crippen LogP contribution in [0.15, 0.2) is 17.4 Å². The van der Waals surface area contributed by atoms with Crippen LogP contribution in [-0.4, -0.2) is 42.4 Å². The van der Waals surface area contributed by atoms with Gasteiger partial charge in [0.1, 0.15) is 17.2 Å². The molecule has 0 bridgehead atoms. The van der Waals surface area contributed by atoms with Crippen molar-refractivity contribution in [2.75, 3.05) is 31.4 Å². The fraction of sp³-hybridized carbons (Fsp3) is 0.545.